The summed E-state index contributed by atoms with van der Waals surface area (Å²) in [6.07, 6.45) is 0. The molecule has 0 spiro atoms. The number of nitrogens with zero attached hydrogens (tertiary/aromatic N) is 1. The van der Waals surface area contributed by atoms with Crippen LogP contribution in [0.3, 0.4) is 0 Å². The highest BCUT2D eigenvalue weighted by Gasteiger charge is 2.22. The third-order valence-corrected chi connectivity index (χ3v) is 4.76. The van der Waals surface area contributed by atoms with Gasteiger partial charge in [-0.3, -0.25) is 10.1 Å². The average molecular weight is 315 g/mol. The number of nitro groups is 1. The zero-order valence-electron chi connectivity index (χ0n) is 11.5. The second-order valence-electron chi connectivity index (χ2n) is 4.78. The van der Waals surface area contributed by atoms with E-state index in [0.29, 0.717) is 25.3 Å². The molecule has 1 aromatic rings. The molecule has 2 rings (SSSR count). The van der Waals surface area contributed by atoms with E-state index in [1.165, 1.54) is 12.1 Å². The first-order valence-corrected chi connectivity index (χ1v) is 7.94. The first-order chi connectivity index (χ1) is 9.90. The zero-order valence-corrected chi connectivity index (χ0v) is 12.4. The quantitative estimate of drug-likeness (QED) is 0.592. The second kappa shape index (κ2) is 6.48. The number of hydrogen-bond acceptors (Lipinski definition) is 6. The van der Waals surface area contributed by atoms with Crippen molar-refractivity contribution in [3.8, 4) is 0 Å². The zero-order chi connectivity index (χ0) is 15.5. The van der Waals surface area contributed by atoms with Crippen LogP contribution in [0.25, 0.3) is 0 Å². The van der Waals surface area contributed by atoms with Crippen molar-refractivity contribution in [2.24, 2.45) is 0 Å². The fourth-order valence-electron chi connectivity index (χ4n) is 2.03. The summed E-state index contributed by atoms with van der Waals surface area (Å²) in [5.41, 5.74) is 0.209. The number of ether oxygens (including phenoxy) is 1. The summed E-state index contributed by atoms with van der Waals surface area (Å²) in [6, 6.07) is 3.68. The molecule has 116 valence electrons. The van der Waals surface area contributed by atoms with Crippen LogP contribution in [0.15, 0.2) is 23.1 Å². The van der Waals surface area contributed by atoms with Crippen LogP contribution in [0.2, 0.25) is 0 Å². The molecule has 2 N–H and O–H groups in total. The van der Waals surface area contributed by atoms with Gasteiger partial charge in [0.1, 0.15) is 0 Å². The fraction of sp³-hybridized carbons (Fsp3) is 0.500. The largest absolute Gasteiger partial charge is 0.378 e. The first kappa shape index (κ1) is 15.8. The normalized spacial score (nSPS) is 19.4. The first-order valence-electron chi connectivity index (χ1n) is 6.46. The highest BCUT2D eigenvalue weighted by atomic mass is 32.2. The molecule has 1 heterocycles. The van der Waals surface area contributed by atoms with Gasteiger partial charge in [-0.15, -0.1) is 0 Å². The van der Waals surface area contributed by atoms with Crippen LogP contribution < -0.4 is 10.0 Å². The van der Waals surface area contributed by atoms with Crippen molar-refractivity contribution >= 4 is 15.7 Å². The molecule has 0 radical (unpaired) electrons. The van der Waals surface area contributed by atoms with Crippen molar-refractivity contribution in [2.45, 2.75) is 17.9 Å². The smallest absolute Gasteiger partial charge is 0.270 e. The Hall–Kier alpha value is -1.55. The third-order valence-electron chi connectivity index (χ3n) is 3.19. The van der Waals surface area contributed by atoms with Gasteiger partial charge in [-0.05, 0) is 12.5 Å². The van der Waals surface area contributed by atoms with Crippen molar-refractivity contribution < 1.29 is 18.1 Å². The minimum atomic E-state index is -3.80. The van der Waals surface area contributed by atoms with Gasteiger partial charge in [-0.25, -0.2) is 13.1 Å². The molecule has 1 fully saturated rings. The highest BCUT2D eigenvalue weighted by Crippen LogP contribution is 2.21. The molecule has 1 aromatic carbocycles. The Morgan fingerprint density at radius 3 is 2.90 bits per heavy atom. The Morgan fingerprint density at radius 1 is 1.52 bits per heavy atom. The van der Waals surface area contributed by atoms with Crippen molar-refractivity contribution in [1.82, 2.24) is 10.0 Å². The molecule has 21 heavy (non-hydrogen) atoms. The van der Waals surface area contributed by atoms with Crippen molar-refractivity contribution in [2.75, 3.05) is 26.3 Å². The maximum atomic E-state index is 12.3. The van der Waals surface area contributed by atoms with Gasteiger partial charge in [-0.2, -0.15) is 0 Å². The van der Waals surface area contributed by atoms with Crippen LogP contribution in [-0.4, -0.2) is 45.7 Å². The van der Waals surface area contributed by atoms with E-state index >= 15 is 0 Å². The Labute approximate surface area is 122 Å². The molecule has 8 nitrogen and oxygen atoms in total. The molecule has 1 saturated heterocycles. The predicted molar refractivity (Wildman–Crippen MR) is 75.6 cm³/mol. The van der Waals surface area contributed by atoms with Gasteiger partial charge in [0.2, 0.25) is 10.0 Å². The third kappa shape index (κ3) is 3.97. The summed E-state index contributed by atoms with van der Waals surface area (Å²) in [4.78, 5) is 10.1. The lowest BCUT2D eigenvalue weighted by Gasteiger charge is -2.24. The highest BCUT2D eigenvalue weighted by molar-refractivity contribution is 7.89. The number of nitrogens with one attached hydrogen (secondary N) is 2. The molecule has 1 aliphatic rings. The number of rotatable bonds is 5. The molecular weight excluding hydrogens is 298 g/mol. The van der Waals surface area contributed by atoms with Crippen molar-refractivity contribution in [1.29, 1.82) is 0 Å². The minimum Gasteiger partial charge on any atom is -0.378 e. The Morgan fingerprint density at radius 2 is 2.29 bits per heavy atom. The van der Waals surface area contributed by atoms with Crippen LogP contribution in [0.1, 0.15) is 5.56 Å². The maximum Gasteiger partial charge on any atom is 0.270 e. The second-order valence-corrected chi connectivity index (χ2v) is 6.52. The average Bonchev–Trinajstić information content (AvgIpc) is 2.46. The van der Waals surface area contributed by atoms with E-state index in [4.69, 9.17) is 4.74 Å². The summed E-state index contributed by atoms with van der Waals surface area (Å²) < 4.78 is 32.2. The lowest BCUT2D eigenvalue weighted by atomic mass is 10.2. The van der Waals surface area contributed by atoms with E-state index < -0.39 is 14.9 Å². The molecule has 1 atom stereocenters. The lowest BCUT2D eigenvalue weighted by molar-refractivity contribution is -0.385. The van der Waals surface area contributed by atoms with Gasteiger partial charge in [0.05, 0.1) is 23.0 Å². The van der Waals surface area contributed by atoms with Gasteiger partial charge in [0, 0.05) is 31.3 Å². The molecular formula is C12H17N3O5S. The summed E-state index contributed by atoms with van der Waals surface area (Å²) in [5, 5.41) is 13.9. The molecule has 0 aromatic heterocycles. The monoisotopic (exact) mass is 315 g/mol. The van der Waals surface area contributed by atoms with Crippen LogP contribution >= 0.6 is 0 Å². The fourth-order valence-corrected chi connectivity index (χ4v) is 3.37. The van der Waals surface area contributed by atoms with Gasteiger partial charge in [0.25, 0.3) is 5.69 Å². The predicted octanol–water partition coefficient (Wildman–Crippen LogP) is 0.170. The molecule has 1 unspecified atom stereocenters. The van der Waals surface area contributed by atoms with Crippen LogP contribution in [0, 0.1) is 17.0 Å². The Kier molecular flexibility index (Phi) is 4.88. The Balaban J connectivity index is 2.14. The minimum absolute atomic E-state index is 0.0755. The van der Waals surface area contributed by atoms with Gasteiger partial charge < -0.3 is 10.1 Å². The number of morpholine rings is 1. The molecule has 0 saturated carbocycles. The van der Waals surface area contributed by atoms with Gasteiger partial charge >= 0.3 is 0 Å². The maximum absolute atomic E-state index is 12.3. The van der Waals surface area contributed by atoms with E-state index in [1.807, 2.05) is 0 Å². The molecule has 1 aliphatic heterocycles. The van der Waals surface area contributed by atoms with Crippen molar-refractivity contribution in [3.05, 3.63) is 33.9 Å². The number of non-ortho nitro benzene ring substituents is 1. The Bertz CT molecular complexity index is 626. The van der Waals surface area contributed by atoms with E-state index in [0.717, 1.165) is 6.07 Å². The topological polar surface area (TPSA) is 111 Å². The number of nitro benzene ring substituents is 1. The van der Waals surface area contributed by atoms with E-state index in [-0.39, 0.29) is 23.2 Å². The van der Waals surface area contributed by atoms with E-state index in [2.05, 4.69) is 10.0 Å². The van der Waals surface area contributed by atoms with E-state index in [9.17, 15) is 18.5 Å². The molecule has 0 aliphatic carbocycles. The molecule has 0 amide bonds. The van der Waals surface area contributed by atoms with Gasteiger partial charge in [0.15, 0.2) is 0 Å². The summed E-state index contributed by atoms with van der Waals surface area (Å²) in [6.45, 7) is 3.47. The lowest BCUT2D eigenvalue weighted by Crippen LogP contribution is -2.48. The van der Waals surface area contributed by atoms with Crippen LogP contribution in [-0.2, 0) is 14.8 Å². The molecule has 0 bridgehead atoms. The number of aryl methyl sites for hydroxylation is 1. The SMILES string of the molecule is Cc1ccc([N+](=O)[O-])cc1S(=O)(=O)NCC1COCCN1. The number of hydrogen-bond donors (Lipinski definition) is 2. The van der Waals surface area contributed by atoms with Crippen LogP contribution in [0.4, 0.5) is 5.69 Å². The van der Waals surface area contributed by atoms with Crippen LogP contribution in [0.5, 0.6) is 0 Å². The van der Waals surface area contributed by atoms with E-state index in [1.54, 1.807) is 6.92 Å². The van der Waals surface area contributed by atoms with Crippen molar-refractivity contribution in [3.63, 3.8) is 0 Å². The number of benzene rings is 1. The number of sulfonamides is 1. The summed E-state index contributed by atoms with van der Waals surface area (Å²) in [5.74, 6) is 0. The van der Waals surface area contributed by atoms with Gasteiger partial charge in [-0.1, -0.05) is 6.07 Å². The summed E-state index contributed by atoms with van der Waals surface area (Å²) >= 11 is 0. The molecule has 9 heteroatoms. The summed E-state index contributed by atoms with van der Waals surface area (Å²) in [7, 11) is -3.80. The standard InChI is InChI=1S/C12H17N3O5S/c1-9-2-3-11(15(16)17)6-12(9)21(18,19)14-7-10-8-20-5-4-13-10/h2-3,6,10,13-14H,4-5,7-8H2,1H3.